The average Bonchev–Trinajstić information content (AvgIpc) is 3.37. The van der Waals surface area contributed by atoms with Crippen molar-refractivity contribution in [1.29, 1.82) is 0 Å². The molecule has 3 heterocycles. The smallest absolute Gasteiger partial charge is 0.203 e. The average molecular weight is 417 g/mol. The van der Waals surface area contributed by atoms with Gasteiger partial charge in [-0.1, -0.05) is 6.07 Å². The number of hydrogen-bond donors (Lipinski definition) is 1. The van der Waals surface area contributed by atoms with E-state index in [0.717, 1.165) is 55.7 Å². The van der Waals surface area contributed by atoms with Crippen molar-refractivity contribution in [2.24, 2.45) is 0 Å². The zero-order valence-corrected chi connectivity index (χ0v) is 17.9. The molecule has 4 rings (SSSR count). The van der Waals surface area contributed by atoms with E-state index in [0.29, 0.717) is 0 Å². The lowest BCUT2D eigenvalue weighted by Crippen LogP contribution is -3.14. The molecule has 1 aliphatic rings. The van der Waals surface area contributed by atoms with Gasteiger partial charge in [0, 0.05) is 12.2 Å². The quantitative estimate of drug-likeness (QED) is 0.627. The third-order valence-corrected chi connectivity index (χ3v) is 6.56. The van der Waals surface area contributed by atoms with Gasteiger partial charge >= 0.3 is 0 Å². The van der Waals surface area contributed by atoms with Crippen molar-refractivity contribution < 1.29 is 9.64 Å². The highest BCUT2D eigenvalue weighted by Crippen LogP contribution is 2.23. The molecule has 1 aliphatic heterocycles. The summed E-state index contributed by atoms with van der Waals surface area (Å²) in [6.07, 6.45) is 0. The molecule has 0 atom stereocenters. The predicted octanol–water partition coefficient (Wildman–Crippen LogP) is 2.53. The second-order valence-corrected chi connectivity index (χ2v) is 8.23. The van der Waals surface area contributed by atoms with Crippen LogP contribution in [0.4, 0.5) is 5.69 Å². The van der Waals surface area contributed by atoms with Crippen LogP contribution in [0.3, 0.4) is 0 Å². The van der Waals surface area contributed by atoms with Crippen LogP contribution in [0.15, 0.2) is 41.8 Å². The van der Waals surface area contributed by atoms with E-state index >= 15 is 0 Å². The summed E-state index contributed by atoms with van der Waals surface area (Å²) < 4.78 is 10.2. The second-order valence-electron chi connectivity index (χ2n) is 6.92. The highest BCUT2D eigenvalue weighted by Gasteiger charge is 2.22. The van der Waals surface area contributed by atoms with Gasteiger partial charge in [-0.25, -0.2) is 0 Å². The Morgan fingerprint density at radius 2 is 1.93 bits per heavy atom. The molecule has 8 heteroatoms. The first-order valence-corrected chi connectivity index (χ1v) is 10.9. The molecule has 0 unspecified atom stereocenters. The number of nitrogens with zero attached hydrogens (tertiary/aromatic N) is 4. The summed E-state index contributed by atoms with van der Waals surface area (Å²) >= 11 is 7.42. The van der Waals surface area contributed by atoms with Crippen LogP contribution in [0.1, 0.15) is 6.92 Å². The molecule has 0 saturated carbocycles. The molecule has 0 aliphatic carbocycles. The predicted molar refractivity (Wildman–Crippen MR) is 116 cm³/mol. The Hall–Kier alpha value is -2.16. The zero-order chi connectivity index (χ0) is 19.5. The van der Waals surface area contributed by atoms with Gasteiger partial charge in [0.1, 0.15) is 5.75 Å². The van der Waals surface area contributed by atoms with Crippen molar-refractivity contribution in [3.63, 3.8) is 0 Å². The second kappa shape index (κ2) is 8.46. The van der Waals surface area contributed by atoms with Crippen molar-refractivity contribution in [1.82, 2.24) is 14.3 Å². The molecule has 1 fully saturated rings. The fourth-order valence-corrected chi connectivity index (χ4v) is 4.70. The van der Waals surface area contributed by atoms with Gasteiger partial charge in [0.25, 0.3) is 0 Å². The first kappa shape index (κ1) is 19.2. The number of piperazine rings is 1. The molecule has 0 amide bonds. The summed E-state index contributed by atoms with van der Waals surface area (Å²) in [5, 5.41) is 6.94. The third-order valence-electron chi connectivity index (χ3n) is 5.26. The van der Waals surface area contributed by atoms with Crippen LogP contribution in [-0.4, -0.2) is 47.6 Å². The fourth-order valence-electron chi connectivity index (χ4n) is 3.66. The Kier molecular flexibility index (Phi) is 5.79. The van der Waals surface area contributed by atoms with Gasteiger partial charge in [-0.15, -0.1) is 16.4 Å². The first-order valence-electron chi connectivity index (χ1n) is 9.63. The summed E-state index contributed by atoms with van der Waals surface area (Å²) in [7, 11) is 1.70. The highest BCUT2D eigenvalue weighted by atomic mass is 32.1. The van der Waals surface area contributed by atoms with Gasteiger partial charge < -0.3 is 14.5 Å². The Labute approximate surface area is 174 Å². The fraction of sp³-hybridized carbons (Fsp3) is 0.400. The van der Waals surface area contributed by atoms with Crippen LogP contribution in [0.2, 0.25) is 0 Å². The summed E-state index contributed by atoms with van der Waals surface area (Å²) in [6, 6.07) is 12.5. The molecule has 0 radical (unpaired) electrons. The van der Waals surface area contributed by atoms with E-state index < -0.39 is 0 Å². The number of aromatic nitrogens is 3. The number of benzene rings is 1. The molecular formula is C20H26N5OS2+. The van der Waals surface area contributed by atoms with Crippen LogP contribution in [0.25, 0.3) is 10.7 Å². The van der Waals surface area contributed by atoms with Crippen molar-refractivity contribution in [3.8, 4) is 16.5 Å². The maximum absolute atomic E-state index is 5.71. The van der Waals surface area contributed by atoms with Gasteiger partial charge in [0.2, 0.25) is 4.77 Å². The molecule has 148 valence electrons. The summed E-state index contributed by atoms with van der Waals surface area (Å²) in [5.41, 5.74) is 1.26. The van der Waals surface area contributed by atoms with Crippen LogP contribution in [0.5, 0.6) is 5.75 Å². The Morgan fingerprint density at radius 1 is 1.18 bits per heavy atom. The van der Waals surface area contributed by atoms with Gasteiger partial charge in [-0.3, -0.25) is 4.57 Å². The lowest BCUT2D eigenvalue weighted by Gasteiger charge is -2.33. The standard InChI is InChI=1S/C20H25N5OS2/c1-3-24-19(18-5-4-14-28-18)21-25(20(24)27)15-22-10-12-23(13-11-22)16-6-8-17(26-2)9-7-16/h4-9,14H,3,10-13,15H2,1-2H3/p+1. The lowest BCUT2D eigenvalue weighted by atomic mass is 10.2. The van der Waals surface area contributed by atoms with E-state index in [2.05, 4.69) is 46.0 Å². The molecule has 1 saturated heterocycles. The number of anilines is 1. The number of quaternary nitrogens is 1. The molecule has 1 N–H and O–H groups in total. The summed E-state index contributed by atoms with van der Waals surface area (Å²) in [4.78, 5) is 5.12. The number of hydrogen-bond acceptors (Lipinski definition) is 5. The van der Waals surface area contributed by atoms with E-state index in [9.17, 15) is 0 Å². The van der Waals surface area contributed by atoms with E-state index in [4.69, 9.17) is 22.1 Å². The van der Waals surface area contributed by atoms with E-state index in [1.807, 2.05) is 16.8 Å². The van der Waals surface area contributed by atoms with Gasteiger partial charge in [0.15, 0.2) is 12.5 Å². The van der Waals surface area contributed by atoms with Crippen LogP contribution in [0, 0.1) is 4.77 Å². The van der Waals surface area contributed by atoms with Crippen molar-refractivity contribution in [2.45, 2.75) is 20.1 Å². The molecule has 0 bridgehead atoms. The SMILES string of the molecule is CCn1c(-c2cccs2)nn(C[NH+]2CCN(c3ccc(OC)cc3)CC2)c1=S. The Morgan fingerprint density at radius 3 is 2.54 bits per heavy atom. The molecule has 1 aromatic carbocycles. The minimum absolute atomic E-state index is 0.816. The van der Waals surface area contributed by atoms with Gasteiger partial charge in [0.05, 0.1) is 38.2 Å². The largest absolute Gasteiger partial charge is 0.497 e. The maximum Gasteiger partial charge on any atom is 0.203 e. The minimum Gasteiger partial charge on any atom is -0.497 e. The minimum atomic E-state index is 0.816. The summed E-state index contributed by atoms with van der Waals surface area (Å²) in [5.74, 6) is 1.88. The molecule has 28 heavy (non-hydrogen) atoms. The zero-order valence-electron chi connectivity index (χ0n) is 16.3. The Balaban J connectivity index is 1.43. The molecular weight excluding hydrogens is 390 g/mol. The summed E-state index contributed by atoms with van der Waals surface area (Å²) in [6.45, 7) is 7.98. The van der Waals surface area contributed by atoms with Gasteiger partial charge in [-0.2, -0.15) is 4.68 Å². The van der Waals surface area contributed by atoms with Crippen molar-refractivity contribution in [2.75, 3.05) is 38.2 Å². The first-order chi connectivity index (χ1) is 13.7. The number of rotatable bonds is 6. The topological polar surface area (TPSA) is 39.7 Å². The third kappa shape index (κ3) is 3.85. The number of nitrogens with one attached hydrogen (secondary N) is 1. The normalized spacial score (nSPS) is 15.1. The van der Waals surface area contributed by atoms with E-state index in [-0.39, 0.29) is 0 Å². The molecule has 0 spiro atoms. The van der Waals surface area contributed by atoms with Crippen LogP contribution < -0.4 is 14.5 Å². The number of ether oxygens (including phenoxy) is 1. The molecule has 6 nitrogen and oxygen atoms in total. The number of thiophene rings is 1. The van der Waals surface area contributed by atoms with Crippen molar-refractivity contribution in [3.05, 3.63) is 46.5 Å². The molecule has 3 aromatic rings. The highest BCUT2D eigenvalue weighted by molar-refractivity contribution is 7.71. The monoisotopic (exact) mass is 416 g/mol. The van der Waals surface area contributed by atoms with Gasteiger partial charge in [-0.05, 0) is 54.9 Å². The maximum atomic E-state index is 5.71. The van der Waals surface area contributed by atoms with E-state index in [1.54, 1.807) is 18.4 Å². The van der Waals surface area contributed by atoms with Crippen LogP contribution >= 0.6 is 23.6 Å². The van der Waals surface area contributed by atoms with E-state index in [1.165, 1.54) is 15.5 Å². The van der Waals surface area contributed by atoms with Crippen LogP contribution in [-0.2, 0) is 13.2 Å². The Bertz CT molecular complexity index is 954. The lowest BCUT2D eigenvalue weighted by molar-refractivity contribution is -0.924. The molecule has 2 aromatic heterocycles. The van der Waals surface area contributed by atoms with Crippen molar-refractivity contribution >= 4 is 29.2 Å². The number of methoxy groups -OCH3 is 1.